The molecule has 1 aliphatic carbocycles. The van der Waals surface area contributed by atoms with Crippen molar-refractivity contribution in [2.24, 2.45) is 11.3 Å². The molecular formula is C15H22ClNO2. The molecule has 3 nitrogen and oxygen atoms in total. The van der Waals surface area contributed by atoms with Crippen LogP contribution in [0.4, 0.5) is 0 Å². The highest BCUT2D eigenvalue weighted by Gasteiger charge is 2.44. The van der Waals surface area contributed by atoms with Crippen LogP contribution >= 0.6 is 11.6 Å². The van der Waals surface area contributed by atoms with Gasteiger partial charge in [-0.15, -0.1) is 0 Å². The van der Waals surface area contributed by atoms with Crippen molar-refractivity contribution in [3.05, 3.63) is 29.3 Å². The van der Waals surface area contributed by atoms with E-state index in [1.54, 1.807) is 12.1 Å². The standard InChI is InChI=1S/C15H22ClNO2/c1-15(2)7-11(15)8-17-9-13(18)10-19-14-5-3-4-12(16)6-14/h3-6,11,13,17-18H,7-10H2,1-2H3. The molecule has 1 aromatic rings. The topological polar surface area (TPSA) is 41.5 Å². The molecule has 0 aliphatic heterocycles. The Morgan fingerprint density at radius 3 is 2.89 bits per heavy atom. The smallest absolute Gasteiger partial charge is 0.120 e. The van der Waals surface area contributed by atoms with Crippen LogP contribution in [0.15, 0.2) is 24.3 Å². The van der Waals surface area contributed by atoms with Crippen molar-refractivity contribution in [3.8, 4) is 5.75 Å². The molecule has 2 atom stereocenters. The van der Waals surface area contributed by atoms with E-state index in [-0.39, 0.29) is 6.61 Å². The van der Waals surface area contributed by atoms with Crippen molar-refractivity contribution < 1.29 is 9.84 Å². The Labute approximate surface area is 119 Å². The van der Waals surface area contributed by atoms with Crippen LogP contribution in [0.25, 0.3) is 0 Å². The van der Waals surface area contributed by atoms with Gasteiger partial charge in [-0.25, -0.2) is 0 Å². The molecule has 106 valence electrons. The van der Waals surface area contributed by atoms with Crippen molar-refractivity contribution >= 4 is 11.6 Å². The predicted octanol–water partition coefficient (Wildman–Crippen LogP) is 2.72. The lowest BCUT2D eigenvalue weighted by Gasteiger charge is -2.13. The molecule has 0 aromatic heterocycles. The fraction of sp³-hybridized carbons (Fsp3) is 0.600. The number of halogens is 1. The van der Waals surface area contributed by atoms with E-state index in [1.807, 2.05) is 12.1 Å². The van der Waals surface area contributed by atoms with E-state index in [0.29, 0.717) is 22.7 Å². The van der Waals surface area contributed by atoms with E-state index in [2.05, 4.69) is 19.2 Å². The molecule has 1 saturated carbocycles. The first-order valence-corrected chi connectivity index (χ1v) is 7.12. The second-order valence-electron chi connectivity index (χ2n) is 5.97. The van der Waals surface area contributed by atoms with Gasteiger partial charge >= 0.3 is 0 Å². The highest BCUT2D eigenvalue weighted by atomic mass is 35.5. The molecule has 0 saturated heterocycles. The van der Waals surface area contributed by atoms with Crippen LogP contribution in [0, 0.1) is 11.3 Å². The summed E-state index contributed by atoms with van der Waals surface area (Å²) in [7, 11) is 0. The average molecular weight is 284 g/mol. The lowest BCUT2D eigenvalue weighted by atomic mass is 10.1. The molecule has 0 bridgehead atoms. The fourth-order valence-corrected chi connectivity index (χ4v) is 2.34. The van der Waals surface area contributed by atoms with E-state index >= 15 is 0 Å². The van der Waals surface area contributed by atoms with Crippen molar-refractivity contribution in [2.75, 3.05) is 19.7 Å². The van der Waals surface area contributed by atoms with E-state index in [1.165, 1.54) is 6.42 Å². The summed E-state index contributed by atoms with van der Waals surface area (Å²) in [5.74, 6) is 1.43. The van der Waals surface area contributed by atoms with Crippen LogP contribution in [-0.4, -0.2) is 30.9 Å². The molecule has 1 fully saturated rings. The van der Waals surface area contributed by atoms with Crippen LogP contribution in [0.1, 0.15) is 20.3 Å². The Morgan fingerprint density at radius 2 is 2.26 bits per heavy atom. The second kappa shape index (κ2) is 6.12. The van der Waals surface area contributed by atoms with Crippen LogP contribution in [0.3, 0.4) is 0 Å². The quantitative estimate of drug-likeness (QED) is 0.808. The predicted molar refractivity (Wildman–Crippen MR) is 77.7 cm³/mol. The molecule has 0 heterocycles. The summed E-state index contributed by atoms with van der Waals surface area (Å²) in [6, 6.07) is 7.20. The van der Waals surface area contributed by atoms with Gasteiger partial charge in [0.05, 0.1) is 0 Å². The third-order valence-electron chi connectivity index (χ3n) is 3.73. The van der Waals surface area contributed by atoms with Gasteiger partial charge in [-0.05, 0) is 42.5 Å². The van der Waals surface area contributed by atoms with Gasteiger partial charge in [0.15, 0.2) is 0 Å². The summed E-state index contributed by atoms with van der Waals surface area (Å²) in [5, 5.41) is 13.8. The van der Waals surface area contributed by atoms with Gasteiger partial charge in [-0.1, -0.05) is 31.5 Å². The first-order valence-electron chi connectivity index (χ1n) is 6.74. The maximum absolute atomic E-state index is 9.82. The third kappa shape index (κ3) is 4.68. The van der Waals surface area contributed by atoms with Crippen LogP contribution < -0.4 is 10.1 Å². The molecule has 2 N–H and O–H groups in total. The summed E-state index contributed by atoms with van der Waals surface area (Å²) < 4.78 is 5.49. The number of benzene rings is 1. The number of aliphatic hydroxyl groups is 1. The molecule has 0 amide bonds. The summed E-state index contributed by atoms with van der Waals surface area (Å²) in [5.41, 5.74) is 0.481. The maximum atomic E-state index is 9.82. The first-order chi connectivity index (χ1) is 8.97. The summed E-state index contributed by atoms with van der Waals surface area (Å²) in [6.45, 7) is 6.37. The third-order valence-corrected chi connectivity index (χ3v) is 3.96. The van der Waals surface area contributed by atoms with E-state index in [0.717, 1.165) is 12.5 Å². The Balaban J connectivity index is 1.61. The molecule has 1 aliphatic rings. The van der Waals surface area contributed by atoms with Gasteiger partial charge in [0.1, 0.15) is 18.5 Å². The molecule has 19 heavy (non-hydrogen) atoms. The van der Waals surface area contributed by atoms with Gasteiger partial charge < -0.3 is 15.2 Å². The zero-order valence-corrected chi connectivity index (χ0v) is 12.3. The first kappa shape index (κ1) is 14.6. The molecule has 0 radical (unpaired) electrons. The Kier molecular flexibility index (Phi) is 4.71. The van der Waals surface area contributed by atoms with Gasteiger partial charge in [-0.3, -0.25) is 0 Å². The summed E-state index contributed by atoms with van der Waals surface area (Å²) in [4.78, 5) is 0. The van der Waals surface area contributed by atoms with Crippen LogP contribution in [0.2, 0.25) is 5.02 Å². The minimum atomic E-state index is -0.499. The van der Waals surface area contributed by atoms with Crippen molar-refractivity contribution in [3.63, 3.8) is 0 Å². The van der Waals surface area contributed by atoms with Gasteiger partial charge in [0.25, 0.3) is 0 Å². The molecule has 0 spiro atoms. The molecule has 2 unspecified atom stereocenters. The van der Waals surface area contributed by atoms with E-state index in [9.17, 15) is 5.11 Å². The minimum absolute atomic E-state index is 0.279. The highest BCUT2D eigenvalue weighted by Crippen LogP contribution is 2.50. The lowest BCUT2D eigenvalue weighted by Crippen LogP contribution is -2.33. The Morgan fingerprint density at radius 1 is 1.53 bits per heavy atom. The maximum Gasteiger partial charge on any atom is 0.120 e. The van der Waals surface area contributed by atoms with Crippen molar-refractivity contribution in [2.45, 2.75) is 26.4 Å². The number of rotatable bonds is 7. The average Bonchev–Trinajstić information content (AvgIpc) is 2.95. The largest absolute Gasteiger partial charge is 0.491 e. The second-order valence-corrected chi connectivity index (χ2v) is 6.41. The van der Waals surface area contributed by atoms with Crippen molar-refractivity contribution in [1.29, 1.82) is 0 Å². The van der Waals surface area contributed by atoms with Crippen molar-refractivity contribution in [1.82, 2.24) is 5.32 Å². The van der Waals surface area contributed by atoms with Gasteiger partial charge in [-0.2, -0.15) is 0 Å². The SMILES string of the molecule is CC1(C)CC1CNCC(O)COc1cccc(Cl)c1. The number of nitrogens with one attached hydrogen (secondary N) is 1. The number of hydrogen-bond donors (Lipinski definition) is 2. The van der Waals surface area contributed by atoms with Gasteiger partial charge in [0, 0.05) is 11.6 Å². The summed E-state index contributed by atoms with van der Waals surface area (Å²) in [6.07, 6.45) is 0.774. The highest BCUT2D eigenvalue weighted by molar-refractivity contribution is 6.30. The summed E-state index contributed by atoms with van der Waals surface area (Å²) >= 11 is 5.86. The fourth-order valence-electron chi connectivity index (χ4n) is 2.16. The molecule has 1 aromatic carbocycles. The number of aliphatic hydroxyl groups excluding tert-OH is 1. The zero-order chi connectivity index (χ0) is 13.9. The minimum Gasteiger partial charge on any atom is -0.491 e. The monoisotopic (exact) mass is 283 g/mol. The van der Waals surface area contributed by atoms with Crippen LogP contribution in [-0.2, 0) is 0 Å². The van der Waals surface area contributed by atoms with Crippen LogP contribution in [0.5, 0.6) is 5.75 Å². The number of ether oxygens (including phenoxy) is 1. The Bertz CT molecular complexity index is 422. The normalized spacial score (nSPS) is 22.0. The van der Waals surface area contributed by atoms with E-state index in [4.69, 9.17) is 16.3 Å². The van der Waals surface area contributed by atoms with E-state index < -0.39 is 6.10 Å². The lowest BCUT2D eigenvalue weighted by molar-refractivity contribution is 0.106. The molecule has 4 heteroatoms. The Hall–Kier alpha value is -0.770. The molecule has 2 rings (SSSR count). The molecular weight excluding hydrogens is 262 g/mol. The zero-order valence-electron chi connectivity index (χ0n) is 11.5. The van der Waals surface area contributed by atoms with Gasteiger partial charge in [0.2, 0.25) is 0 Å². The number of hydrogen-bond acceptors (Lipinski definition) is 3.